The van der Waals surface area contributed by atoms with Gasteiger partial charge < -0.3 is 14.7 Å². The van der Waals surface area contributed by atoms with Crippen LogP contribution in [0.2, 0.25) is 0 Å². The Labute approximate surface area is 826 Å². The Bertz CT molecular complexity index is 8290. The van der Waals surface area contributed by atoms with Crippen molar-refractivity contribution in [1.29, 1.82) is 0 Å². The molecule has 0 N–H and O–H groups in total. The Balaban J connectivity index is 0.000000121. The van der Waals surface area contributed by atoms with E-state index in [9.17, 15) is 0 Å². The first-order valence-corrected chi connectivity index (χ1v) is 48.3. The van der Waals surface area contributed by atoms with E-state index < -0.39 is 0 Å². The molecule has 0 aliphatic rings. The van der Waals surface area contributed by atoms with E-state index in [0.29, 0.717) is 0 Å². The molecule has 0 spiro atoms. The van der Waals surface area contributed by atoms with Gasteiger partial charge in [0.1, 0.15) is 0 Å². The third-order valence-corrected chi connectivity index (χ3v) is 26.5. The second-order valence-electron chi connectivity index (χ2n) is 35.4. The zero-order valence-electron chi connectivity index (χ0n) is 78.0. The maximum absolute atomic E-state index is 2.37. The minimum atomic E-state index is 1.10. The van der Waals surface area contributed by atoms with Crippen LogP contribution in [-0.2, 0) is 0 Å². The molecule has 3 heteroatoms. The average Bonchev–Trinajstić information content (AvgIpc) is 0.771. The molecular weight excluding hydrogens is 1700 g/mol. The third-order valence-electron chi connectivity index (χ3n) is 26.5. The molecule has 0 amide bonds. The zero-order valence-corrected chi connectivity index (χ0v) is 78.0. The molecule has 666 valence electrons. The molecule has 24 rings (SSSR count). The van der Waals surface area contributed by atoms with Crippen molar-refractivity contribution in [2.75, 3.05) is 14.7 Å². The molecule has 0 aromatic heterocycles. The van der Waals surface area contributed by atoms with Crippen LogP contribution in [0.15, 0.2) is 601 Å². The number of benzene rings is 24. The summed E-state index contributed by atoms with van der Waals surface area (Å²) in [7, 11) is 0. The molecule has 141 heavy (non-hydrogen) atoms. The van der Waals surface area contributed by atoms with Crippen molar-refractivity contribution in [3.8, 4) is 134 Å². The number of hydrogen-bond donors (Lipinski definition) is 0. The smallest absolute Gasteiger partial charge is 0.0540 e. The van der Waals surface area contributed by atoms with Crippen molar-refractivity contribution in [2.24, 2.45) is 0 Å². The fourth-order valence-electron chi connectivity index (χ4n) is 19.5. The van der Waals surface area contributed by atoms with Crippen LogP contribution in [0.25, 0.3) is 166 Å². The van der Waals surface area contributed by atoms with Crippen LogP contribution in [0, 0.1) is 0 Å². The molecule has 24 aromatic rings. The quantitative estimate of drug-likeness (QED) is 0.0710. The van der Waals surface area contributed by atoms with E-state index in [1.807, 2.05) is 0 Å². The van der Waals surface area contributed by atoms with Gasteiger partial charge in [-0.05, 0) is 312 Å². The van der Waals surface area contributed by atoms with Crippen molar-refractivity contribution >= 4 is 83.5 Å². The first kappa shape index (κ1) is 87.8. The van der Waals surface area contributed by atoms with E-state index >= 15 is 0 Å². The summed E-state index contributed by atoms with van der Waals surface area (Å²) in [6.45, 7) is 0. The Morgan fingerprint density at radius 3 is 0.553 bits per heavy atom. The summed E-state index contributed by atoms with van der Waals surface area (Å²) < 4.78 is 0. The van der Waals surface area contributed by atoms with Crippen molar-refractivity contribution in [1.82, 2.24) is 0 Å². The van der Waals surface area contributed by atoms with Crippen LogP contribution in [0.3, 0.4) is 0 Å². The maximum atomic E-state index is 2.37. The number of anilines is 9. The summed E-state index contributed by atoms with van der Waals surface area (Å²) in [4.78, 5) is 7.07. The molecule has 0 unspecified atom stereocenters. The van der Waals surface area contributed by atoms with Gasteiger partial charge in [-0.3, -0.25) is 0 Å². The van der Waals surface area contributed by atoms with Gasteiger partial charge >= 0.3 is 0 Å². The molecule has 24 aromatic carbocycles. The molecule has 0 fully saturated rings. The largest absolute Gasteiger partial charge is 0.311 e. The average molecular weight is 1800 g/mol. The van der Waals surface area contributed by atoms with Crippen molar-refractivity contribution in [3.05, 3.63) is 601 Å². The number of nitrogens with zero attached hydrogens (tertiary/aromatic N) is 3. The van der Waals surface area contributed by atoms with Gasteiger partial charge in [-0.1, -0.05) is 449 Å². The lowest BCUT2D eigenvalue weighted by Gasteiger charge is -2.28. The van der Waals surface area contributed by atoms with Gasteiger partial charge in [0, 0.05) is 51.1 Å². The highest BCUT2D eigenvalue weighted by Gasteiger charge is 2.24. The third kappa shape index (κ3) is 19.5. The van der Waals surface area contributed by atoms with Crippen LogP contribution in [0.1, 0.15) is 0 Å². The number of rotatable bonds is 21. The fraction of sp³-hybridized carbons (Fsp3) is 0. The molecule has 0 saturated carbocycles. The topological polar surface area (TPSA) is 9.72 Å². The van der Waals surface area contributed by atoms with E-state index in [4.69, 9.17) is 0 Å². The second kappa shape index (κ2) is 41.3. The molecule has 0 aliphatic carbocycles. The van der Waals surface area contributed by atoms with Gasteiger partial charge in [0.05, 0.1) is 5.69 Å². The van der Waals surface area contributed by atoms with E-state index in [2.05, 4.69) is 615 Å². The molecule has 0 aliphatic heterocycles. The van der Waals surface area contributed by atoms with Gasteiger partial charge in [0.2, 0.25) is 0 Å². The lowest BCUT2D eigenvalue weighted by atomic mass is 9.91. The van der Waals surface area contributed by atoms with Crippen LogP contribution < -0.4 is 14.7 Å². The SMILES string of the molecule is c1ccc(-c2cc(-c3ccccc3)cc(N(c3ccccc3)c3ccc(-c4cc5ccccc5cc4-c4ccccc4)cc3)c2)cc1.c1ccc(-c2ccc(N(c3ccccc3)c3ccc(-c4cc5ccccc5cc4-c4ccccc4)cc3)c(-c3ccccc3)c2)cc1.c1ccc(-c2ccccc2-c2ccc(N(c3ccccc3)c3ccc(-c4cc5ccccc5cc4-c4ccccc4)cc3)cc2)cc1. The van der Waals surface area contributed by atoms with Crippen LogP contribution in [-0.4, -0.2) is 0 Å². The molecule has 0 bridgehead atoms. The number of hydrogen-bond acceptors (Lipinski definition) is 3. The Kier molecular flexibility index (Phi) is 25.7. The van der Waals surface area contributed by atoms with Gasteiger partial charge in [0.25, 0.3) is 0 Å². The van der Waals surface area contributed by atoms with Crippen LogP contribution >= 0.6 is 0 Å². The van der Waals surface area contributed by atoms with Crippen molar-refractivity contribution < 1.29 is 0 Å². The Hall–Kier alpha value is -18.5. The van der Waals surface area contributed by atoms with E-state index in [0.717, 1.165) is 51.2 Å². The minimum Gasteiger partial charge on any atom is -0.311 e. The van der Waals surface area contributed by atoms with E-state index in [1.165, 1.54) is 166 Å². The standard InChI is InChI=1S/3C46H33N/c1-5-15-34(16-6-1)40-27-30-46(45(33-40)36-19-9-3-10-20-36)47(41-23-11-4-12-24-41)42-28-25-37(26-29-42)44-32-39-22-14-13-21-38(39)31-43(44)35-17-7-2-8-18-35;1-5-15-34(16-6-1)40-29-41(35-17-7-2-8-18-35)31-44(30-40)47(42-23-11-4-12-24-42)43-27-25-37(26-28-43)46-33-39-22-14-13-21-38(39)32-45(46)36-19-9-3-10-20-36;1-4-14-34(15-5-1)43-22-12-13-23-44(43)36-24-28-41(29-25-36)47(40-20-8-3-9-21-40)42-30-26-37(27-31-42)46-33-39-19-11-10-18-38(39)32-45(46)35-16-6-2-7-17-35/h3*1-33H. The summed E-state index contributed by atoms with van der Waals surface area (Å²) in [5.41, 5.74) is 39.0. The normalized spacial score (nSPS) is 11.0. The first-order chi connectivity index (χ1) is 69.9. The molecule has 0 saturated heterocycles. The molecule has 0 radical (unpaired) electrons. The predicted octanol–water partition coefficient (Wildman–Crippen LogP) is 38.9. The van der Waals surface area contributed by atoms with Gasteiger partial charge in [-0.2, -0.15) is 0 Å². The van der Waals surface area contributed by atoms with Gasteiger partial charge in [-0.15, -0.1) is 0 Å². The van der Waals surface area contributed by atoms with Crippen LogP contribution in [0.4, 0.5) is 51.2 Å². The Morgan fingerprint density at radius 2 is 0.270 bits per heavy atom. The number of fused-ring (bicyclic) bond motifs is 3. The lowest BCUT2D eigenvalue weighted by molar-refractivity contribution is 1.28. The number of para-hydroxylation sites is 3. The van der Waals surface area contributed by atoms with E-state index in [-0.39, 0.29) is 0 Å². The van der Waals surface area contributed by atoms with Gasteiger partial charge in [0.15, 0.2) is 0 Å². The monoisotopic (exact) mass is 1800 g/mol. The lowest BCUT2D eigenvalue weighted by Crippen LogP contribution is -2.11. The molecule has 0 atom stereocenters. The summed E-state index contributed by atoms with van der Waals surface area (Å²) >= 11 is 0. The van der Waals surface area contributed by atoms with Crippen molar-refractivity contribution in [2.45, 2.75) is 0 Å². The highest BCUT2D eigenvalue weighted by atomic mass is 15.2. The predicted molar refractivity (Wildman–Crippen MR) is 601 cm³/mol. The molecule has 0 heterocycles. The molecular formula is C138H99N3. The summed E-state index contributed by atoms with van der Waals surface area (Å²) in [5.74, 6) is 0. The summed E-state index contributed by atoms with van der Waals surface area (Å²) in [6.07, 6.45) is 0. The highest BCUT2D eigenvalue weighted by Crippen LogP contribution is 2.49. The zero-order chi connectivity index (χ0) is 94.3. The van der Waals surface area contributed by atoms with Crippen LogP contribution in [0.5, 0.6) is 0 Å². The molecule has 3 nitrogen and oxygen atoms in total. The maximum Gasteiger partial charge on any atom is 0.0540 e. The minimum absolute atomic E-state index is 1.10. The van der Waals surface area contributed by atoms with Crippen molar-refractivity contribution in [3.63, 3.8) is 0 Å². The first-order valence-electron chi connectivity index (χ1n) is 48.3. The second-order valence-corrected chi connectivity index (χ2v) is 35.4. The fourth-order valence-corrected chi connectivity index (χ4v) is 19.5. The Morgan fingerprint density at radius 1 is 0.0851 bits per heavy atom. The van der Waals surface area contributed by atoms with E-state index in [1.54, 1.807) is 0 Å². The summed E-state index contributed by atoms with van der Waals surface area (Å²) in [6, 6.07) is 215. The summed E-state index contributed by atoms with van der Waals surface area (Å²) in [5, 5.41) is 7.46. The highest BCUT2D eigenvalue weighted by molar-refractivity contribution is 6.02. The van der Waals surface area contributed by atoms with Gasteiger partial charge in [-0.25, -0.2) is 0 Å².